The van der Waals surface area contributed by atoms with E-state index in [1.54, 1.807) is 0 Å². The van der Waals surface area contributed by atoms with Gasteiger partial charge in [-0.3, -0.25) is 4.79 Å². The van der Waals surface area contributed by atoms with E-state index >= 15 is 0 Å². The molecule has 2 fully saturated rings. The number of amides is 1. The number of thioether (sulfide) groups is 1. The first-order valence-corrected chi connectivity index (χ1v) is 7.91. The van der Waals surface area contributed by atoms with E-state index in [4.69, 9.17) is 16.3 Å². The minimum absolute atomic E-state index is 0.00189. The molecule has 3 atom stereocenters. The lowest BCUT2D eigenvalue weighted by Gasteiger charge is -2.38. The fourth-order valence-corrected chi connectivity index (χ4v) is 3.90. The van der Waals surface area contributed by atoms with Gasteiger partial charge in [-0.15, -0.1) is 23.4 Å². The van der Waals surface area contributed by atoms with Gasteiger partial charge in [-0.2, -0.15) is 0 Å². The Kier molecular flexibility index (Phi) is 5.00. The van der Waals surface area contributed by atoms with Crippen molar-refractivity contribution in [1.82, 2.24) is 4.90 Å². The number of carbonyl (C=O) groups is 1. The number of alkyl halides is 1. The lowest BCUT2D eigenvalue weighted by atomic mass is 10.1. The second-order valence-electron chi connectivity index (χ2n) is 4.82. The Bertz CT molecular complexity index is 271. The molecule has 2 rings (SSSR count). The summed E-state index contributed by atoms with van der Waals surface area (Å²) in [6, 6.07) is 0. The van der Waals surface area contributed by atoms with Gasteiger partial charge in [-0.25, -0.2) is 0 Å². The fraction of sp³-hybridized carbons (Fsp3) is 0.917. The number of hydrogen-bond donors (Lipinski definition) is 0. The molecule has 0 aromatic carbocycles. The topological polar surface area (TPSA) is 29.5 Å². The highest BCUT2D eigenvalue weighted by molar-refractivity contribution is 8.00. The summed E-state index contributed by atoms with van der Waals surface area (Å²) in [6.45, 7) is 3.38. The molecule has 1 amide bonds. The molecule has 0 aromatic rings. The predicted molar refractivity (Wildman–Crippen MR) is 71.7 cm³/mol. The number of carbonyl (C=O) groups excluding carboxylic acids is 1. The highest BCUT2D eigenvalue weighted by Crippen LogP contribution is 2.27. The van der Waals surface area contributed by atoms with Crippen molar-refractivity contribution in [2.24, 2.45) is 0 Å². The van der Waals surface area contributed by atoms with Crippen LogP contribution in [0.2, 0.25) is 0 Å². The van der Waals surface area contributed by atoms with Crippen molar-refractivity contribution in [2.45, 2.75) is 43.6 Å². The summed E-state index contributed by atoms with van der Waals surface area (Å²) in [5.41, 5.74) is 0. The number of rotatable bonds is 2. The summed E-state index contributed by atoms with van der Waals surface area (Å²) < 4.78 is 5.67. The number of ether oxygens (including phenoxy) is 1. The second-order valence-corrected chi connectivity index (χ2v) is 6.44. The minimum Gasteiger partial charge on any atom is -0.370 e. The van der Waals surface area contributed by atoms with Gasteiger partial charge in [0.1, 0.15) is 0 Å². The standard InChI is InChI=1S/C12H20ClNO2S/c1-9-7-14(8-10(6-13)16-9)12(15)11-4-2-3-5-17-11/h9-11H,2-8H2,1H3. The van der Waals surface area contributed by atoms with Crippen molar-refractivity contribution in [3.8, 4) is 0 Å². The van der Waals surface area contributed by atoms with Crippen molar-refractivity contribution in [3.63, 3.8) is 0 Å². The molecule has 0 aromatic heterocycles. The lowest BCUT2D eigenvalue weighted by Crippen LogP contribution is -2.52. The minimum atomic E-state index is -0.00189. The van der Waals surface area contributed by atoms with Gasteiger partial charge >= 0.3 is 0 Å². The number of nitrogens with zero attached hydrogens (tertiary/aromatic N) is 1. The van der Waals surface area contributed by atoms with Crippen molar-refractivity contribution in [3.05, 3.63) is 0 Å². The third-order valence-electron chi connectivity index (χ3n) is 3.27. The van der Waals surface area contributed by atoms with E-state index in [2.05, 4.69) is 0 Å². The fourth-order valence-electron chi connectivity index (χ4n) is 2.45. The van der Waals surface area contributed by atoms with E-state index in [0.717, 1.165) is 12.2 Å². The Morgan fingerprint density at radius 1 is 1.47 bits per heavy atom. The van der Waals surface area contributed by atoms with Crippen LogP contribution in [0, 0.1) is 0 Å². The predicted octanol–water partition coefficient (Wildman–Crippen LogP) is 2.13. The van der Waals surface area contributed by atoms with Gasteiger partial charge in [0.2, 0.25) is 5.91 Å². The number of morpholine rings is 1. The van der Waals surface area contributed by atoms with Crippen LogP contribution in [0.25, 0.3) is 0 Å². The van der Waals surface area contributed by atoms with E-state index in [0.29, 0.717) is 24.9 Å². The molecule has 98 valence electrons. The average Bonchev–Trinajstić information content (AvgIpc) is 2.38. The van der Waals surface area contributed by atoms with Crippen molar-refractivity contribution in [2.75, 3.05) is 24.7 Å². The van der Waals surface area contributed by atoms with E-state index in [1.165, 1.54) is 12.8 Å². The summed E-state index contributed by atoms with van der Waals surface area (Å²) in [7, 11) is 0. The van der Waals surface area contributed by atoms with Gasteiger partial charge < -0.3 is 9.64 Å². The van der Waals surface area contributed by atoms with E-state index < -0.39 is 0 Å². The van der Waals surface area contributed by atoms with E-state index in [-0.39, 0.29) is 17.5 Å². The molecule has 2 aliphatic rings. The Morgan fingerprint density at radius 2 is 2.29 bits per heavy atom. The smallest absolute Gasteiger partial charge is 0.235 e. The van der Waals surface area contributed by atoms with Crippen LogP contribution in [-0.2, 0) is 9.53 Å². The van der Waals surface area contributed by atoms with Crippen LogP contribution < -0.4 is 0 Å². The van der Waals surface area contributed by atoms with Crippen LogP contribution in [0.5, 0.6) is 0 Å². The number of hydrogen-bond acceptors (Lipinski definition) is 3. The summed E-state index contributed by atoms with van der Waals surface area (Å²) >= 11 is 7.64. The first-order chi connectivity index (χ1) is 8.20. The Labute approximate surface area is 112 Å². The first-order valence-electron chi connectivity index (χ1n) is 6.32. The first kappa shape index (κ1) is 13.5. The zero-order valence-corrected chi connectivity index (χ0v) is 11.8. The molecule has 2 heterocycles. The molecule has 0 saturated carbocycles. The van der Waals surface area contributed by atoms with Crippen molar-refractivity contribution >= 4 is 29.3 Å². The maximum absolute atomic E-state index is 12.4. The summed E-state index contributed by atoms with van der Waals surface area (Å²) in [5.74, 6) is 1.88. The molecule has 2 saturated heterocycles. The van der Waals surface area contributed by atoms with Crippen molar-refractivity contribution in [1.29, 1.82) is 0 Å². The number of halogens is 1. The summed E-state index contributed by atoms with van der Waals surface area (Å²) in [4.78, 5) is 14.3. The molecule has 2 aliphatic heterocycles. The highest BCUT2D eigenvalue weighted by atomic mass is 35.5. The van der Waals surface area contributed by atoms with Crippen LogP contribution in [0.15, 0.2) is 0 Å². The average molecular weight is 278 g/mol. The van der Waals surface area contributed by atoms with Crippen LogP contribution in [0.3, 0.4) is 0 Å². The molecule has 17 heavy (non-hydrogen) atoms. The lowest BCUT2D eigenvalue weighted by molar-refractivity contribution is -0.142. The monoisotopic (exact) mass is 277 g/mol. The Hall–Kier alpha value is 0.0700. The normalized spacial score (nSPS) is 34.7. The Morgan fingerprint density at radius 3 is 2.94 bits per heavy atom. The molecular formula is C12H20ClNO2S. The molecule has 0 bridgehead atoms. The quantitative estimate of drug-likeness (QED) is 0.724. The second kappa shape index (κ2) is 6.30. The zero-order chi connectivity index (χ0) is 12.3. The van der Waals surface area contributed by atoms with Crippen LogP contribution in [0.4, 0.5) is 0 Å². The molecule has 3 unspecified atom stereocenters. The molecule has 5 heteroatoms. The van der Waals surface area contributed by atoms with Gasteiger partial charge in [0.05, 0.1) is 23.3 Å². The molecule has 3 nitrogen and oxygen atoms in total. The van der Waals surface area contributed by atoms with Gasteiger partial charge in [-0.05, 0) is 25.5 Å². The summed E-state index contributed by atoms with van der Waals surface area (Å²) in [6.07, 6.45) is 3.56. The summed E-state index contributed by atoms with van der Waals surface area (Å²) in [5, 5.41) is 0.171. The largest absolute Gasteiger partial charge is 0.370 e. The van der Waals surface area contributed by atoms with Gasteiger partial charge in [-0.1, -0.05) is 6.42 Å². The van der Waals surface area contributed by atoms with Gasteiger partial charge in [0.15, 0.2) is 0 Å². The van der Waals surface area contributed by atoms with Crippen LogP contribution in [0.1, 0.15) is 26.2 Å². The maximum Gasteiger partial charge on any atom is 0.235 e. The third kappa shape index (κ3) is 3.52. The van der Waals surface area contributed by atoms with Crippen LogP contribution >= 0.6 is 23.4 Å². The molecule has 0 aliphatic carbocycles. The maximum atomic E-state index is 12.4. The SMILES string of the molecule is CC1CN(C(=O)C2CCCCS2)CC(CCl)O1. The molecule has 0 radical (unpaired) electrons. The molecule has 0 spiro atoms. The third-order valence-corrected chi connectivity index (χ3v) is 4.97. The van der Waals surface area contributed by atoms with Crippen LogP contribution in [-0.4, -0.2) is 53.0 Å². The van der Waals surface area contributed by atoms with E-state index in [9.17, 15) is 4.79 Å². The highest BCUT2D eigenvalue weighted by Gasteiger charge is 2.32. The molecule has 0 N–H and O–H groups in total. The van der Waals surface area contributed by atoms with Gasteiger partial charge in [0, 0.05) is 13.1 Å². The van der Waals surface area contributed by atoms with Gasteiger partial charge in [0.25, 0.3) is 0 Å². The Balaban J connectivity index is 1.93. The molecular weight excluding hydrogens is 258 g/mol. The zero-order valence-electron chi connectivity index (χ0n) is 10.2. The van der Waals surface area contributed by atoms with Crippen molar-refractivity contribution < 1.29 is 9.53 Å². The van der Waals surface area contributed by atoms with E-state index in [1.807, 2.05) is 23.6 Å².